The molecule has 24 heavy (non-hydrogen) atoms. The van der Waals surface area contributed by atoms with Gasteiger partial charge in [0, 0.05) is 5.92 Å². The zero-order valence-electron chi connectivity index (χ0n) is 13.7. The Morgan fingerprint density at radius 3 is 2.75 bits per heavy atom. The van der Waals surface area contributed by atoms with Crippen LogP contribution in [0.15, 0.2) is 29.4 Å². The molecule has 0 radical (unpaired) electrons. The number of ether oxygens (including phenoxy) is 1. The number of nitrogens with zero attached hydrogens (tertiary/aromatic N) is 1. The number of amides is 1. The first-order valence-electron chi connectivity index (χ1n) is 8.26. The average molecular weight is 329 g/mol. The number of nitrogens with one attached hydrogen (secondary N) is 1. The lowest BCUT2D eigenvalue weighted by Gasteiger charge is -2.15. The lowest BCUT2D eigenvalue weighted by Crippen LogP contribution is -2.28. The van der Waals surface area contributed by atoms with Crippen LogP contribution >= 0.6 is 0 Å². The molecule has 0 bridgehead atoms. The zero-order valence-corrected chi connectivity index (χ0v) is 13.7. The molecule has 1 aromatic carbocycles. The van der Waals surface area contributed by atoms with Gasteiger partial charge in [-0.15, -0.1) is 0 Å². The number of fused-ring (bicyclic) bond motifs is 1. The molecule has 0 aliphatic heterocycles. The van der Waals surface area contributed by atoms with E-state index in [1.807, 2.05) is 0 Å². The highest BCUT2D eigenvalue weighted by molar-refractivity contribution is 5.85. The third-order valence-electron chi connectivity index (χ3n) is 5.24. The molecule has 0 heterocycles. The number of rotatable bonds is 6. The van der Waals surface area contributed by atoms with Crippen LogP contribution in [0.2, 0.25) is 0 Å². The third kappa shape index (κ3) is 3.42. The molecule has 2 saturated carbocycles. The van der Waals surface area contributed by atoms with E-state index in [0.29, 0.717) is 11.7 Å². The van der Waals surface area contributed by atoms with Crippen LogP contribution in [0.4, 0.5) is 0 Å². The number of hydrogen-bond acceptors (Lipinski definition) is 5. The summed E-state index contributed by atoms with van der Waals surface area (Å²) in [6.07, 6.45) is 6.28. The second-order valence-corrected chi connectivity index (χ2v) is 6.80. The largest absolute Gasteiger partial charge is 0.546 e. The van der Waals surface area contributed by atoms with Crippen molar-refractivity contribution in [2.45, 2.75) is 32.6 Å². The summed E-state index contributed by atoms with van der Waals surface area (Å²) in [5.74, 6) is -0.207. The van der Waals surface area contributed by atoms with Crippen molar-refractivity contribution in [3.05, 3.63) is 29.8 Å². The van der Waals surface area contributed by atoms with Gasteiger partial charge >= 0.3 is 0 Å². The first-order valence-corrected chi connectivity index (χ1v) is 8.26. The van der Waals surface area contributed by atoms with Crippen molar-refractivity contribution >= 4 is 18.1 Å². The van der Waals surface area contributed by atoms with E-state index in [4.69, 9.17) is 4.74 Å². The van der Waals surface area contributed by atoms with Gasteiger partial charge in [-0.1, -0.05) is 19.8 Å². The van der Waals surface area contributed by atoms with Crippen LogP contribution in [0, 0.1) is 17.3 Å². The number of benzene rings is 1. The minimum atomic E-state index is -1.27. The van der Waals surface area contributed by atoms with Crippen LogP contribution in [0.25, 0.3) is 0 Å². The fourth-order valence-corrected chi connectivity index (χ4v) is 3.88. The van der Waals surface area contributed by atoms with Gasteiger partial charge in [0.1, 0.15) is 12.4 Å². The Hall–Kier alpha value is -2.37. The highest BCUT2D eigenvalue weighted by Gasteiger charge is 2.64. The quantitative estimate of drug-likeness (QED) is 0.625. The summed E-state index contributed by atoms with van der Waals surface area (Å²) in [4.78, 5) is 22.6. The molecule has 3 rings (SSSR count). The van der Waals surface area contributed by atoms with E-state index < -0.39 is 12.6 Å². The maximum atomic E-state index is 12.3. The number of carbonyl (C=O) groups excluding carboxylic acids is 2. The molecule has 6 heteroatoms. The molecule has 2 aliphatic rings. The molecule has 0 saturated heterocycles. The van der Waals surface area contributed by atoms with E-state index in [-0.39, 0.29) is 17.2 Å². The van der Waals surface area contributed by atoms with Crippen LogP contribution in [-0.4, -0.2) is 24.7 Å². The summed E-state index contributed by atoms with van der Waals surface area (Å²) in [6, 6.07) is 6.75. The van der Waals surface area contributed by atoms with Crippen LogP contribution in [-0.2, 0) is 9.59 Å². The molecule has 3 atom stereocenters. The summed E-state index contributed by atoms with van der Waals surface area (Å²) >= 11 is 0. The predicted octanol–water partition coefficient (Wildman–Crippen LogP) is 1.09. The van der Waals surface area contributed by atoms with Gasteiger partial charge < -0.3 is 14.6 Å². The number of carboxylic acids is 1. The van der Waals surface area contributed by atoms with Crippen LogP contribution in [0.3, 0.4) is 0 Å². The molecule has 2 aliphatic carbocycles. The molecule has 0 unspecified atom stereocenters. The summed E-state index contributed by atoms with van der Waals surface area (Å²) in [5, 5.41) is 14.3. The molecule has 1 N–H and O–H groups in total. The van der Waals surface area contributed by atoms with E-state index in [1.54, 1.807) is 30.5 Å². The Morgan fingerprint density at radius 2 is 2.12 bits per heavy atom. The van der Waals surface area contributed by atoms with Gasteiger partial charge in [-0.3, -0.25) is 4.79 Å². The first kappa shape index (κ1) is 16.5. The lowest BCUT2D eigenvalue weighted by atomic mass is 9.90. The maximum Gasteiger partial charge on any atom is 0.244 e. The third-order valence-corrected chi connectivity index (χ3v) is 5.24. The summed E-state index contributed by atoms with van der Waals surface area (Å²) in [5.41, 5.74) is 3.61. The Morgan fingerprint density at radius 1 is 1.38 bits per heavy atom. The van der Waals surface area contributed by atoms with E-state index >= 15 is 0 Å². The predicted molar refractivity (Wildman–Crippen MR) is 86.2 cm³/mol. The zero-order chi connectivity index (χ0) is 17.2. The number of hydrazone groups is 1. The lowest BCUT2D eigenvalue weighted by molar-refractivity contribution is -0.307. The highest BCUT2D eigenvalue weighted by atomic mass is 16.5. The standard InChI is InChI=1S/C18H22N2O4/c1-18-9-3-2-4-14(18)16(18)17(23)20-19-10-12-5-7-13(8-6-12)24-11-15(21)22/h5-8,10,14,16H,2-4,9,11H2,1H3,(H,20,23)(H,21,22)/p-1/b19-10-/t14-,16+,18-/m0/s1. The van der Waals surface area contributed by atoms with Crippen LogP contribution < -0.4 is 15.3 Å². The molecule has 6 nitrogen and oxygen atoms in total. The van der Waals surface area contributed by atoms with Gasteiger partial charge in [-0.25, -0.2) is 5.43 Å². The van der Waals surface area contributed by atoms with E-state index in [1.165, 1.54) is 12.8 Å². The normalized spacial score (nSPS) is 28.2. The smallest absolute Gasteiger partial charge is 0.244 e. The topological polar surface area (TPSA) is 90.8 Å². The van der Waals surface area contributed by atoms with Gasteiger partial charge in [-0.05, 0) is 54.0 Å². The number of carbonyl (C=O) groups is 2. The van der Waals surface area contributed by atoms with Crippen molar-refractivity contribution in [3.8, 4) is 5.75 Å². The Kier molecular flexibility index (Phi) is 4.55. The molecule has 0 spiro atoms. The summed E-state index contributed by atoms with van der Waals surface area (Å²) in [6.45, 7) is 1.72. The molecule has 1 aromatic rings. The molecule has 2 fully saturated rings. The van der Waals surface area contributed by atoms with Crippen LogP contribution in [0.5, 0.6) is 5.75 Å². The fourth-order valence-electron chi connectivity index (χ4n) is 3.88. The fraction of sp³-hybridized carbons (Fsp3) is 0.500. The van der Waals surface area contributed by atoms with Gasteiger partial charge in [0.15, 0.2) is 0 Å². The SMILES string of the molecule is C[C@]12CCCC[C@H]1[C@@H]2C(=O)N/N=C\c1ccc(OCC(=O)[O-])cc1. The molecule has 1 amide bonds. The summed E-state index contributed by atoms with van der Waals surface area (Å²) < 4.78 is 4.99. The van der Waals surface area contributed by atoms with Gasteiger partial charge in [-0.2, -0.15) is 5.10 Å². The Labute approximate surface area is 140 Å². The van der Waals surface area contributed by atoms with Crippen LogP contribution in [0.1, 0.15) is 38.2 Å². The number of carboxylic acid groups (broad SMARTS) is 1. The highest BCUT2D eigenvalue weighted by Crippen LogP contribution is 2.66. The minimum Gasteiger partial charge on any atom is -0.546 e. The monoisotopic (exact) mass is 329 g/mol. The molecular weight excluding hydrogens is 308 g/mol. The number of hydrogen-bond donors (Lipinski definition) is 1. The van der Waals surface area contributed by atoms with Crippen molar-refractivity contribution in [2.75, 3.05) is 6.61 Å². The van der Waals surface area contributed by atoms with Crippen molar-refractivity contribution in [2.24, 2.45) is 22.4 Å². The minimum absolute atomic E-state index is 0.00885. The molecule has 128 valence electrons. The second kappa shape index (κ2) is 6.63. The van der Waals surface area contributed by atoms with Crippen molar-refractivity contribution in [1.29, 1.82) is 0 Å². The average Bonchev–Trinajstić information content (AvgIpc) is 3.19. The first-order chi connectivity index (χ1) is 11.5. The molecule has 0 aromatic heterocycles. The van der Waals surface area contributed by atoms with Gasteiger partial charge in [0.05, 0.1) is 12.2 Å². The Bertz CT molecular complexity index is 655. The van der Waals surface area contributed by atoms with Gasteiger partial charge in [0.25, 0.3) is 0 Å². The number of aliphatic carboxylic acids is 1. The van der Waals surface area contributed by atoms with E-state index in [9.17, 15) is 14.7 Å². The summed E-state index contributed by atoms with van der Waals surface area (Å²) in [7, 11) is 0. The van der Waals surface area contributed by atoms with E-state index in [0.717, 1.165) is 18.4 Å². The second-order valence-electron chi connectivity index (χ2n) is 6.80. The van der Waals surface area contributed by atoms with Crippen molar-refractivity contribution < 1.29 is 19.4 Å². The Balaban J connectivity index is 1.49. The van der Waals surface area contributed by atoms with E-state index in [2.05, 4.69) is 17.5 Å². The maximum absolute atomic E-state index is 12.3. The van der Waals surface area contributed by atoms with Gasteiger partial charge in [0.2, 0.25) is 5.91 Å². The molecular formula is C18H21N2O4-. The van der Waals surface area contributed by atoms with Crippen molar-refractivity contribution in [1.82, 2.24) is 5.43 Å². The van der Waals surface area contributed by atoms with Crippen molar-refractivity contribution in [3.63, 3.8) is 0 Å².